The van der Waals surface area contributed by atoms with Crippen molar-refractivity contribution in [3.63, 3.8) is 0 Å². The molecule has 0 spiro atoms. The highest BCUT2D eigenvalue weighted by Gasteiger charge is 2.19. The Morgan fingerprint density at radius 2 is 1.79 bits per heavy atom. The van der Waals surface area contributed by atoms with Crippen LogP contribution in [0.15, 0.2) is 27.1 Å². The highest BCUT2D eigenvalue weighted by atomic mass is 79.9. The molecule has 0 aliphatic rings. The summed E-state index contributed by atoms with van der Waals surface area (Å²) in [6.45, 7) is 0. The minimum Gasteiger partial charge on any atom is -0.319 e. The lowest BCUT2D eigenvalue weighted by molar-refractivity contribution is 0.116. The molecule has 0 saturated heterocycles. The van der Waals surface area contributed by atoms with Crippen LogP contribution < -0.4 is 5.73 Å². The quantitative estimate of drug-likeness (QED) is 0.859. The van der Waals surface area contributed by atoms with Crippen LogP contribution in [0, 0.1) is 0 Å². The van der Waals surface area contributed by atoms with E-state index in [1.165, 1.54) is 0 Å². The van der Waals surface area contributed by atoms with E-state index < -0.39 is 12.5 Å². The SMILES string of the molecule is Cl.N[C@@H](c1cc(Br)ccc1Br)C(F)F. The summed E-state index contributed by atoms with van der Waals surface area (Å²) in [6.07, 6.45) is -2.55. The zero-order valence-electron chi connectivity index (χ0n) is 6.88. The van der Waals surface area contributed by atoms with Crippen LogP contribution in [0.5, 0.6) is 0 Å². The molecule has 0 bridgehead atoms. The summed E-state index contributed by atoms with van der Waals surface area (Å²) < 4.78 is 25.9. The zero-order chi connectivity index (χ0) is 10.0. The van der Waals surface area contributed by atoms with Gasteiger partial charge in [-0.05, 0) is 23.8 Å². The highest BCUT2D eigenvalue weighted by Crippen LogP contribution is 2.28. The molecule has 1 nitrogen and oxygen atoms in total. The van der Waals surface area contributed by atoms with Gasteiger partial charge in [0, 0.05) is 8.95 Å². The highest BCUT2D eigenvalue weighted by molar-refractivity contribution is 9.11. The Labute approximate surface area is 104 Å². The van der Waals surface area contributed by atoms with E-state index >= 15 is 0 Å². The fraction of sp³-hybridized carbons (Fsp3) is 0.250. The summed E-state index contributed by atoms with van der Waals surface area (Å²) in [5.41, 5.74) is 5.71. The van der Waals surface area contributed by atoms with Gasteiger partial charge in [0.15, 0.2) is 0 Å². The molecule has 6 heteroatoms. The molecule has 0 heterocycles. The molecule has 80 valence electrons. The maximum absolute atomic E-state index is 12.3. The molecule has 0 radical (unpaired) electrons. The molecule has 2 N–H and O–H groups in total. The van der Waals surface area contributed by atoms with Gasteiger partial charge < -0.3 is 5.73 Å². The molecule has 1 atom stereocenters. The van der Waals surface area contributed by atoms with Crippen molar-refractivity contribution in [2.75, 3.05) is 0 Å². The van der Waals surface area contributed by atoms with Crippen molar-refractivity contribution in [1.82, 2.24) is 0 Å². The van der Waals surface area contributed by atoms with Crippen molar-refractivity contribution in [2.45, 2.75) is 12.5 Å². The Bertz CT molecular complexity index is 309. The van der Waals surface area contributed by atoms with Crippen molar-refractivity contribution in [1.29, 1.82) is 0 Å². The number of hydrogen-bond acceptors (Lipinski definition) is 1. The van der Waals surface area contributed by atoms with Gasteiger partial charge in [-0.15, -0.1) is 12.4 Å². The third-order valence-corrected chi connectivity index (χ3v) is 2.80. The molecule has 0 saturated carbocycles. The molecule has 1 aromatic carbocycles. The number of nitrogens with two attached hydrogens (primary N) is 1. The van der Waals surface area contributed by atoms with Crippen molar-refractivity contribution in [2.24, 2.45) is 5.73 Å². The second-order valence-electron chi connectivity index (χ2n) is 2.53. The molecule has 0 aliphatic carbocycles. The molecule has 0 amide bonds. The summed E-state index contributed by atoms with van der Waals surface area (Å²) in [6, 6.07) is 3.78. The number of halogens is 5. The van der Waals surface area contributed by atoms with Gasteiger partial charge in [0.1, 0.15) is 0 Å². The topological polar surface area (TPSA) is 26.0 Å². The van der Waals surface area contributed by atoms with Crippen LogP contribution in [0.25, 0.3) is 0 Å². The van der Waals surface area contributed by atoms with Crippen LogP contribution in [0.4, 0.5) is 8.78 Å². The van der Waals surface area contributed by atoms with Crippen LogP contribution in [-0.2, 0) is 0 Å². The van der Waals surface area contributed by atoms with Crippen LogP contribution in [0.2, 0.25) is 0 Å². The van der Waals surface area contributed by atoms with Gasteiger partial charge in [0.05, 0.1) is 6.04 Å². The lowest BCUT2D eigenvalue weighted by Gasteiger charge is -2.12. The predicted octanol–water partition coefficient (Wildman–Crippen LogP) is 3.90. The molecule has 1 rings (SSSR count). The van der Waals surface area contributed by atoms with E-state index in [4.69, 9.17) is 5.73 Å². The molecule has 0 unspecified atom stereocenters. The molecule has 14 heavy (non-hydrogen) atoms. The molecular weight excluding hydrogens is 343 g/mol. The van der Waals surface area contributed by atoms with Gasteiger partial charge >= 0.3 is 0 Å². The summed E-state index contributed by atoms with van der Waals surface area (Å²) in [7, 11) is 0. The molecule has 1 aromatic rings. The van der Waals surface area contributed by atoms with E-state index in [-0.39, 0.29) is 12.4 Å². The summed E-state index contributed by atoms with van der Waals surface area (Å²) in [5.74, 6) is 0. The van der Waals surface area contributed by atoms with E-state index in [0.717, 1.165) is 4.47 Å². The van der Waals surface area contributed by atoms with Gasteiger partial charge in [0.2, 0.25) is 0 Å². The van der Waals surface area contributed by atoms with Crippen LogP contribution in [-0.4, -0.2) is 6.43 Å². The lowest BCUT2D eigenvalue weighted by Crippen LogP contribution is -2.19. The first-order valence-electron chi connectivity index (χ1n) is 3.51. The number of rotatable bonds is 2. The molecule has 0 fully saturated rings. The van der Waals surface area contributed by atoms with Gasteiger partial charge in [-0.1, -0.05) is 31.9 Å². The molecular formula is C8H8Br2ClF2N. The molecule has 0 aromatic heterocycles. The Morgan fingerprint density at radius 3 is 2.29 bits per heavy atom. The van der Waals surface area contributed by atoms with E-state index in [0.29, 0.717) is 10.0 Å². The molecule has 0 aliphatic heterocycles. The summed E-state index contributed by atoms with van der Waals surface area (Å²) in [4.78, 5) is 0. The average Bonchev–Trinajstić information content (AvgIpc) is 2.08. The van der Waals surface area contributed by atoms with Crippen molar-refractivity contribution in [3.8, 4) is 0 Å². The van der Waals surface area contributed by atoms with Gasteiger partial charge in [-0.2, -0.15) is 0 Å². The Kier molecular flexibility index (Phi) is 6.12. The Morgan fingerprint density at radius 1 is 1.21 bits per heavy atom. The minimum absolute atomic E-state index is 0. The second kappa shape index (κ2) is 6.00. The smallest absolute Gasteiger partial charge is 0.257 e. The van der Waals surface area contributed by atoms with Crippen LogP contribution in [0.3, 0.4) is 0 Å². The van der Waals surface area contributed by atoms with E-state index in [1.54, 1.807) is 18.2 Å². The maximum atomic E-state index is 12.3. The predicted molar refractivity (Wildman–Crippen MR) is 62.0 cm³/mol. The number of hydrogen-bond donors (Lipinski definition) is 1. The van der Waals surface area contributed by atoms with E-state index in [9.17, 15) is 8.78 Å². The van der Waals surface area contributed by atoms with Gasteiger partial charge in [0.25, 0.3) is 6.43 Å². The number of alkyl halides is 2. The third kappa shape index (κ3) is 3.46. The first kappa shape index (κ1) is 14.3. The van der Waals surface area contributed by atoms with Crippen molar-refractivity contribution < 1.29 is 8.78 Å². The lowest BCUT2D eigenvalue weighted by atomic mass is 10.1. The maximum Gasteiger partial charge on any atom is 0.257 e. The normalized spacial score (nSPS) is 12.4. The van der Waals surface area contributed by atoms with Crippen molar-refractivity contribution in [3.05, 3.63) is 32.7 Å². The summed E-state index contributed by atoms with van der Waals surface area (Å²) >= 11 is 6.36. The van der Waals surface area contributed by atoms with E-state index in [1.807, 2.05) is 0 Å². The van der Waals surface area contributed by atoms with Crippen LogP contribution in [0.1, 0.15) is 11.6 Å². The first-order valence-corrected chi connectivity index (χ1v) is 5.09. The third-order valence-electron chi connectivity index (χ3n) is 1.59. The fourth-order valence-corrected chi connectivity index (χ4v) is 1.80. The second-order valence-corrected chi connectivity index (χ2v) is 4.30. The largest absolute Gasteiger partial charge is 0.319 e. The van der Waals surface area contributed by atoms with Crippen LogP contribution >= 0.6 is 44.3 Å². The first-order chi connectivity index (χ1) is 6.02. The monoisotopic (exact) mass is 349 g/mol. The van der Waals surface area contributed by atoms with Crippen molar-refractivity contribution >= 4 is 44.3 Å². The van der Waals surface area contributed by atoms with Gasteiger partial charge in [-0.3, -0.25) is 0 Å². The minimum atomic E-state index is -2.55. The summed E-state index contributed by atoms with van der Waals surface area (Å²) in [5, 5.41) is 0. The Balaban J connectivity index is 0.00000169. The van der Waals surface area contributed by atoms with Gasteiger partial charge in [-0.25, -0.2) is 8.78 Å². The standard InChI is InChI=1S/C8H7Br2F2N.ClH/c9-4-1-2-6(10)5(3-4)7(13)8(11)12;/h1-3,7-8H,13H2;1H/t7-;/m0./s1. The zero-order valence-corrected chi connectivity index (χ0v) is 10.9. The fourth-order valence-electron chi connectivity index (χ4n) is 0.906. The van der Waals surface area contributed by atoms with E-state index in [2.05, 4.69) is 31.9 Å². The average molecular weight is 351 g/mol. The number of benzene rings is 1. The Hall–Kier alpha value is 0.290.